The fourth-order valence-electron chi connectivity index (χ4n) is 2.08. The van der Waals surface area contributed by atoms with E-state index >= 15 is 0 Å². The number of nitrogens with one attached hydrogen (secondary N) is 1. The lowest BCUT2D eigenvalue weighted by Gasteiger charge is -2.20. The van der Waals surface area contributed by atoms with E-state index in [1.807, 2.05) is 0 Å². The molecular weight excluding hydrogens is 212 g/mol. The molecule has 3 N–H and O–H groups in total. The van der Waals surface area contributed by atoms with E-state index in [9.17, 15) is 0 Å². The third kappa shape index (κ3) is 5.39. The molecule has 1 atom stereocenters. The number of likely N-dealkylation sites (tertiary alicyclic amines) is 1. The molecule has 0 bridgehead atoms. The molecule has 17 heavy (non-hydrogen) atoms. The molecule has 1 saturated heterocycles. The summed E-state index contributed by atoms with van der Waals surface area (Å²) in [5.41, 5.74) is 5.82. The van der Waals surface area contributed by atoms with Crippen LogP contribution in [0.5, 0.6) is 0 Å². The van der Waals surface area contributed by atoms with E-state index in [0.29, 0.717) is 23.8 Å². The van der Waals surface area contributed by atoms with Crippen LogP contribution in [0.25, 0.3) is 0 Å². The molecule has 0 amide bonds. The van der Waals surface area contributed by atoms with Crippen LogP contribution in [0.3, 0.4) is 0 Å². The summed E-state index contributed by atoms with van der Waals surface area (Å²) in [5.74, 6) is 1.88. The van der Waals surface area contributed by atoms with Gasteiger partial charge in [0.05, 0.1) is 0 Å². The van der Waals surface area contributed by atoms with Crippen molar-refractivity contribution in [1.82, 2.24) is 10.2 Å². The van der Waals surface area contributed by atoms with E-state index in [0.717, 1.165) is 13.1 Å². The maximum Gasteiger partial charge on any atom is 0.188 e. The van der Waals surface area contributed by atoms with Gasteiger partial charge in [-0.05, 0) is 38.6 Å². The van der Waals surface area contributed by atoms with Crippen molar-refractivity contribution in [2.75, 3.05) is 26.2 Å². The number of nitrogens with zero attached hydrogens (tertiary/aromatic N) is 2. The van der Waals surface area contributed by atoms with Crippen molar-refractivity contribution in [2.24, 2.45) is 22.6 Å². The largest absolute Gasteiger partial charge is 0.370 e. The van der Waals surface area contributed by atoms with Gasteiger partial charge in [0, 0.05) is 25.7 Å². The number of nitrogens with two attached hydrogens (primary N) is 1. The van der Waals surface area contributed by atoms with Crippen LogP contribution in [0, 0.1) is 11.8 Å². The molecular formula is C13H28N4. The molecule has 0 aromatic heterocycles. The third-order valence-corrected chi connectivity index (χ3v) is 3.25. The minimum Gasteiger partial charge on any atom is -0.370 e. The van der Waals surface area contributed by atoms with E-state index in [1.165, 1.54) is 19.5 Å². The van der Waals surface area contributed by atoms with Crippen LogP contribution < -0.4 is 11.1 Å². The molecule has 4 nitrogen and oxygen atoms in total. The molecule has 1 aliphatic heterocycles. The fraction of sp³-hybridized carbons (Fsp3) is 0.923. The highest BCUT2D eigenvalue weighted by atomic mass is 15.2. The molecule has 0 radical (unpaired) electrons. The summed E-state index contributed by atoms with van der Waals surface area (Å²) < 4.78 is 0. The number of hydrogen-bond donors (Lipinski definition) is 2. The predicted octanol–water partition coefficient (Wildman–Crippen LogP) is 1.28. The van der Waals surface area contributed by atoms with Gasteiger partial charge >= 0.3 is 0 Å². The van der Waals surface area contributed by atoms with Crippen molar-refractivity contribution >= 4 is 5.96 Å². The molecule has 0 aromatic rings. The SMILES string of the molecule is CC(C)CN=C(N)NCC1CCN(C(C)C)C1. The third-order valence-electron chi connectivity index (χ3n) is 3.25. The second-order valence-electron chi connectivity index (χ2n) is 5.74. The first kappa shape index (κ1) is 14.3. The zero-order chi connectivity index (χ0) is 12.8. The van der Waals surface area contributed by atoms with Gasteiger partial charge in [-0.15, -0.1) is 0 Å². The summed E-state index contributed by atoms with van der Waals surface area (Å²) in [6, 6.07) is 0.659. The van der Waals surface area contributed by atoms with Crippen LogP contribution in [0.15, 0.2) is 4.99 Å². The van der Waals surface area contributed by atoms with Crippen molar-refractivity contribution < 1.29 is 0 Å². The molecule has 1 aliphatic rings. The average Bonchev–Trinajstić information content (AvgIpc) is 2.72. The first-order valence-electron chi connectivity index (χ1n) is 6.77. The smallest absolute Gasteiger partial charge is 0.188 e. The maximum absolute atomic E-state index is 5.82. The van der Waals surface area contributed by atoms with Gasteiger partial charge in [0.2, 0.25) is 0 Å². The quantitative estimate of drug-likeness (QED) is 0.562. The van der Waals surface area contributed by atoms with E-state index in [4.69, 9.17) is 5.73 Å². The molecule has 4 heteroatoms. The van der Waals surface area contributed by atoms with E-state index in [-0.39, 0.29) is 0 Å². The van der Waals surface area contributed by atoms with Crippen LogP contribution in [0.2, 0.25) is 0 Å². The van der Waals surface area contributed by atoms with Gasteiger partial charge in [-0.1, -0.05) is 13.8 Å². The van der Waals surface area contributed by atoms with Gasteiger partial charge < -0.3 is 16.0 Å². The summed E-state index contributed by atoms with van der Waals surface area (Å²) in [7, 11) is 0. The summed E-state index contributed by atoms with van der Waals surface area (Å²) in [6.45, 7) is 13.0. The standard InChI is InChI=1S/C13H28N4/c1-10(2)7-15-13(14)16-8-12-5-6-17(9-12)11(3)4/h10-12H,5-9H2,1-4H3,(H3,14,15,16). The Morgan fingerprint density at radius 1 is 1.41 bits per heavy atom. The zero-order valence-corrected chi connectivity index (χ0v) is 11.7. The maximum atomic E-state index is 5.82. The van der Waals surface area contributed by atoms with Crippen molar-refractivity contribution in [3.05, 3.63) is 0 Å². The topological polar surface area (TPSA) is 53.6 Å². The van der Waals surface area contributed by atoms with Gasteiger partial charge in [0.25, 0.3) is 0 Å². The van der Waals surface area contributed by atoms with Crippen molar-refractivity contribution in [3.8, 4) is 0 Å². The molecule has 100 valence electrons. The number of rotatable bonds is 5. The minimum absolute atomic E-state index is 0.568. The summed E-state index contributed by atoms with van der Waals surface area (Å²) in [5, 5.41) is 3.24. The number of guanidine groups is 1. The Kier molecular flexibility index (Phi) is 5.75. The molecule has 1 heterocycles. The lowest BCUT2D eigenvalue weighted by molar-refractivity contribution is 0.265. The molecule has 1 fully saturated rings. The Hall–Kier alpha value is -0.770. The van der Waals surface area contributed by atoms with Gasteiger partial charge in [-0.2, -0.15) is 0 Å². The van der Waals surface area contributed by atoms with E-state index < -0.39 is 0 Å². The highest BCUT2D eigenvalue weighted by Gasteiger charge is 2.23. The highest BCUT2D eigenvalue weighted by Crippen LogP contribution is 2.17. The molecule has 0 spiro atoms. The molecule has 0 aliphatic carbocycles. The molecule has 0 saturated carbocycles. The summed E-state index contributed by atoms with van der Waals surface area (Å²) >= 11 is 0. The Labute approximate surface area is 106 Å². The molecule has 1 unspecified atom stereocenters. The Morgan fingerprint density at radius 2 is 2.12 bits per heavy atom. The number of aliphatic imine (C=N–C) groups is 1. The van der Waals surface area contributed by atoms with Crippen LogP contribution >= 0.6 is 0 Å². The van der Waals surface area contributed by atoms with Gasteiger partial charge in [-0.3, -0.25) is 4.99 Å². The van der Waals surface area contributed by atoms with Gasteiger partial charge in [-0.25, -0.2) is 0 Å². The molecule has 0 aromatic carbocycles. The monoisotopic (exact) mass is 240 g/mol. The van der Waals surface area contributed by atoms with Crippen molar-refractivity contribution in [3.63, 3.8) is 0 Å². The normalized spacial score (nSPS) is 22.7. The van der Waals surface area contributed by atoms with Crippen molar-refractivity contribution in [1.29, 1.82) is 0 Å². The van der Waals surface area contributed by atoms with Crippen LogP contribution in [-0.2, 0) is 0 Å². The van der Waals surface area contributed by atoms with Crippen molar-refractivity contribution in [2.45, 2.75) is 40.2 Å². The first-order valence-corrected chi connectivity index (χ1v) is 6.77. The summed E-state index contributed by atoms with van der Waals surface area (Å²) in [4.78, 5) is 6.83. The highest BCUT2D eigenvalue weighted by molar-refractivity contribution is 5.77. The first-order chi connectivity index (χ1) is 7.99. The Bertz CT molecular complexity index is 248. The second kappa shape index (κ2) is 6.84. The summed E-state index contributed by atoms with van der Waals surface area (Å²) in [6.07, 6.45) is 1.27. The van der Waals surface area contributed by atoms with Crippen LogP contribution in [-0.4, -0.2) is 43.1 Å². The van der Waals surface area contributed by atoms with Gasteiger partial charge in [0.1, 0.15) is 0 Å². The van der Waals surface area contributed by atoms with E-state index in [1.54, 1.807) is 0 Å². The molecule has 1 rings (SSSR count). The lowest BCUT2D eigenvalue weighted by atomic mass is 10.1. The lowest BCUT2D eigenvalue weighted by Crippen LogP contribution is -2.37. The van der Waals surface area contributed by atoms with Crippen LogP contribution in [0.1, 0.15) is 34.1 Å². The number of hydrogen-bond acceptors (Lipinski definition) is 2. The second-order valence-corrected chi connectivity index (χ2v) is 5.74. The Balaban J connectivity index is 2.21. The van der Waals surface area contributed by atoms with Gasteiger partial charge in [0.15, 0.2) is 5.96 Å². The fourth-order valence-corrected chi connectivity index (χ4v) is 2.08. The Morgan fingerprint density at radius 3 is 2.65 bits per heavy atom. The zero-order valence-electron chi connectivity index (χ0n) is 11.7. The van der Waals surface area contributed by atoms with E-state index in [2.05, 4.69) is 42.9 Å². The predicted molar refractivity (Wildman–Crippen MR) is 74.1 cm³/mol. The average molecular weight is 240 g/mol. The minimum atomic E-state index is 0.568. The van der Waals surface area contributed by atoms with Crippen LogP contribution in [0.4, 0.5) is 0 Å².